The summed E-state index contributed by atoms with van der Waals surface area (Å²) < 4.78 is 5.36. The first-order valence-electron chi connectivity index (χ1n) is 6.59. The highest BCUT2D eigenvalue weighted by Crippen LogP contribution is 2.17. The number of ether oxygens (including phenoxy) is 1. The Morgan fingerprint density at radius 3 is 2.78 bits per heavy atom. The third-order valence-corrected chi connectivity index (χ3v) is 3.65. The number of likely N-dealkylation sites (tertiary alicyclic amines) is 1. The van der Waals surface area contributed by atoms with Gasteiger partial charge in [-0.3, -0.25) is 9.80 Å². The van der Waals surface area contributed by atoms with Crippen LogP contribution < -0.4 is 0 Å². The van der Waals surface area contributed by atoms with Crippen LogP contribution in [-0.4, -0.2) is 72.9 Å². The average molecular weight is 254 g/mol. The third-order valence-electron chi connectivity index (χ3n) is 3.65. The second kappa shape index (κ2) is 6.31. The molecule has 0 amide bonds. The Labute approximate surface area is 108 Å². The molecule has 1 unspecified atom stereocenters. The van der Waals surface area contributed by atoms with E-state index in [1.807, 2.05) is 6.92 Å². The summed E-state index contributed by atoms with van der Waals surface area (Å²) in [4.78, 5) is 15.4. The van der Waals surface area contributed by atoms with Crippen molar-refractivity contribution < 1.29 is 14.6 Å². The van der Waals surface area contributed by atoms with Crippen LogP contribution in [-0.2, 0) is 9.53 Å². The minimum absolute atomic E-state index is 0.617. The van der Waals surface area contributed by atoms with Gasteiger partial charge in [0.25, 0.3) is 0 Å². The molecule has 2 fully saturated rings. The summed E-state index contributed by atoms with van der Waals surface area (Å²) in [6.45, 7) is 8.51. The molecule has 1 N–H and O–H groups in total. The summed E-state index contributed by atoms with van der Waals surface area (Å²) in [5, 5.41) is 8.70. The molecule has 5 heteroatoms. The molecule has 0 saturated carbocycles. The first-order valence-corrected chi connectivity index (χ1v) is 6.59. The second-order valence-corrected chi connectivity index (χ2v) is 5.15. The van der Waals surface area contributed by atoms with Crippen LogP contribution in [0.5, 0.6) is 0 Å². The van der Waals surface area contributed by atoms with E-state index in [-0.39, 0.29) is 0 Å². The van der Waals surface area contributed by atoms with Gasteiger partial charge in [-0.25, -0.2) is 4.79 Å². The van der Waals surface area contributed by atoms with Gasteiger partial charge in [0.15, 0.2) is 0 Å². The van der Waals surface area contributed by atoms with Gasteiger partial charge < -0.3 is 9.84 Å². The van der Waals surface area contributed by atoms with Crippen LogP contribution in [0.1, 0.15) is 13.3 Å². The molecule has 0 aliphatic carbocycles. The maximum Gasteiger partial charge on any atom is 0.328 e. The summed E-state index contributed by atoms with van der Waals surface area (Å²) in [7, 11) is 0. The fourth-order valence-electron chi connectivity index (χ4n) is 2.81. The lowest BCUT2D eigenvalue weighted by Crippen LogP contribution is -2.44. The van der Waals surface area contributed by atoms with Crippen molar-refractivity contribution in [2.75, 3.05) is 45.9 Å². The van der Waals surface area contributed by atoms with E-state index in [1.165, 1.54) is 12.5 Å². The fraction of sp³-hybridized carbons (Fsp3) is 0.769. The zero-order chi connectivity index (χ0) is 13.0. The predicted molar refractivity (Wildman–Crippen MR) is 68.6 cm³/mol. The molecule has 0 aromatic heterocycles. The van der Waals surface area contributed by atoms with Crippen LogP contribution in [0.25, 0.3) is 0 Å². The molecule has 0 bridgehead atoms. The van der Waals surface area contributed by atoms with E-state index in [4.69, 9.17) is 9.84 Å². The van der Waals surface area contributed by atoms with Crippen molar-refractivity contribution >= 4 is 5.97 Å². The first kappa shape index (κ1) is 13.5. The standard InChI is InChI=1S/C13H22N2O3/c1-11(8-13(16)17)9-14-3-2-12(10-14)15-4-6-18-7-5-15/h8,12H,2-7,9-10H2,1H3,(H,16,17)/b11-8+. The van der Waals surface area contributed by atoms with Gasteiger partial charge in [0, 0.05) is 44.8 Å². The molecule has 2 aliphatic heterocycles. The molecule has 2 aliphatic rings. The summed E-state index contributed by atoms with van der Waals surface area (Å²) in [5.41, 5.74) is 0.921. The zero-order valence-electron chi connectivity index (χ0n) is 11.0. The van der Waals surface area contributed by atoms with Gasteiger partial charge in [0.2, 0.25) is 0 Å². The molecule has 0 aromatic carbocycles. The fourth-order valence-corrected chi connectivity index (χ4v) is 2.81. The third kappa shape index (κ3) is 3.80. The number of nitrogens with zero attached hydrogens (tertiary/aromatic N) is 2. The lowest BCUT2D eigenvalue weighted by atomic mass is 10.2. The molecular formula is C13H22N2O3. The molecule has 18 heavy (non-hydrogen) atoms. The Bertz CT molecular complexity index is 324. The number of carboxylic acids is 1. The van der Waals surface area contributed by atoms with Gasteiger partial charge in [0.1, 0.15) is 0 Å². The minimum Gasteiger partial charge on any atom is -0.478 e. The molecule has 2 heterocycles. The number of rotatable bonds is 4. The van der Waals surface area contributed by atoms with Gasteiger partial charge in [-0.05, 0) is 13.3 Å². The highest BCUT2D eigenvalue weighted by molar-refractivity contribution is 5.80. The van der Waals surface area contributed by atoms with Gasteiger partial charge in [-0.2, -0.15) is 0 Å². The lowest BCUT2D eigenvalue weighted by molar-refractivity contribution is -0.131. The van der Waals surface area contributed by atoms with E-state index in [0.717, 1.165) is 51.5 Å². The molecule has 0 aromatic rings. The molecule has 102 valence electrons. The SMILES string of the molecule is C/C(=C\C(=O)O)CN1CCC(N2CCOCC2)C1. The average Bonchev–Trinajstić information content (AvgIpc) is 2.77. The van der Waals surface area contributed by atoms with Gasteiger partial charge >= 0.3 is 5.97 Å². The van der Waals surface area contributed by atoms with Gasteiger partial charge in [-0.15, -0.1) is 0 Å². The summed E-state index contributed by atoms with van der Waals surface area (Å²) in [6, 6.07) is 0.617. The molecule has 1 atom stereocenters. The largest absolute Gasteiger partial charge is 0.478 e. The van der Waals surface area contributed by atoms with Crippen molar-refractivity contribution in [1.29, 1.82) is 0 Å². The highest BCUT2D eigenvalue weighted by atomic mass is 16.5. The molecule has 2 rings (SSSR count). The van der Waals surface area contributed by atoms with E-state index in [1.54, 1.807) is 0 Å². The Morgan fingerprint density at radius 2 is 2.11 bits per heavy atom. The van der Waals surface area contributed by atoms with E-state index in [2.05, 4.69) is 9.80 Å². The normalized spacial score (nSPS) is 27.6. The van der Waals surface area contributed by atoms with Gasteiger partial charge in [0.05, 0.1) is 13.2 Å². The molecule has 0 radical (unpaired) electrons. The van der Waals surface area contributed by atoms with Crippen molar-refractivity contribution in [3.05, 3.63) is 11.6 Å². The number of hydrogen-bond donors (Lipinski definition) is 1. The number of morpholine rings is 1. The van der Waals surface area contributed by atoms with Crippen LogP contribution in [0.2, 0.25) is 0 Å². The Hall–Kier alpha value is -0.910. The van der Waals surface area contributed by atoms with Crippen LogP contribution in [0.3, 0.4) is 0 Å². The molecule has 2 saturated heterocycles. The van der Waals surface area contributed by atoms with Crippen LogP contribution in [0, 0.1) is 0 Å². The number of carbonyl (C=O) groups is 1. The van der Waals surface area contributed by atoms with Crippen molar-refractivity contribution in [2.24, 2.45) is 0 Å². The molecule has 0 spiro atoms. The van der Waals surface area contributed by atoms with Crippen molar-refractivity contribution in [1.82, 2.24) is 9.80 Å². The van der Waals surface area contributed by atoms with Crippen LogP contribution >= 0.6 is 0 Å². The number of hydrogen-bond acceptors (Lipinski definition) is 4. The maximum atomic E-state index is 10.6. The summed E-state index contributed by atoms with van der Waals surface area (Å²) in [5.74, 6) is -0.851. The van der Waals surface area contributed by atoms with E-state index < -0.39 is 5.97 Å². The Kier molecular flexibility index (Phi) is 4.74. The zero-order valence-corrected chi connectivity index (χ0v) is 11.0. The van der Waals surface area contributed by atoms with Crippen molar-refractivity contribution in [2.45, 2.75) is 19.4 Å². The lowest BCUT2D eigenvalue weighted by Gasteiger charge is -2.32. The van der Waals surface area contributed by atoms with Crippen LogP contribution in [0.15, 0.2) is 11.6 Å². The molecule has 5 nitrogen and oxygen atoms in total. The minimum atomic E-state index is -0.851. The second-order valence-electron chi connectivity index (χ2n) is 5.15. The highest BCUT2D eigenvalue weighted by Gasteiger charge is 2.28. The number of carboxylic acid groups (broad SMARTS) is 1. The monoisotopic (exact) mass is 254 g/mol. The first-order chi connectivity index (χ1) is 8.65. The maximum absolute atomic E-state index is 10.6. The van der Waals surface area contributed by atoms with Crippen molar-refractivity contribution in [3.8, 4) is 0 Å². The smallest absolute Gasteiger partial charge is 0.328 e. The van der Waals surface area contributed by atoms with Crippen LogP contribution in [0.4, 0.5) is 0 Å². The van der Waals surface area contributed by atoms with E-state index >= 15 is 0 Å². The van der Waals surface area contributed by atoms with Gasteiger partial charge in [-0.1, -0.05) is 5.57 Å². The van der Waals surface area contributed by atoms with E-state index in [9.17, 15) is 4.79 Å². The summed E-state index contributed by atoms with van der Waals surface area (Å²) >= 11 is 0. The Balaban J connectivity index is 1.79. The molecular weight excluding hydrogens is 232 g/mol. The van der Waals surface area contributed by atoms with E-state index in [0.29, 0.717) is 6.04 Å². The number of aliphatic carboxylic acids is 1. The predicted octanol–water partition coefficient (Wildman–Crippen LogP) is 0.424. The Morgan fingerprint density at radius 1 is 1.39 bits per heavy atom. The topological polar surface area (TPSA) is 53.0 Å². The summed E-state index contributed by atoms with van der Waals surface area (Å²) in [6.07, 6.45) is 2.49. The van der Waals surface area contributed by atoms with Crippen molar-refractivity contribution in [3.63, 3.8) is 0 Å². The quantitative estimate of drug-likeness (QED) is 0.737.